The highest BCUT2D eigenvalue weighted by molar-refractivity contribution is 7.92. The highest BCUT2D eigenvalue weighted by atomic mass is 32.2. The van der Waals surface area contributed by atoms with Crippen molar-refractivity contribution in [1.82, 2.24) is 5.32 Å². The van der Waals surface area contributed by atoms with E-state index in [1.54, 1.807) is 24.3 Å². The molecular weight excluding hydrogens is 396 g/mol. The molecule has 1 N–H and O–H groups in total. The Morgan fingerprint density at radius 1 is 1.00 bits per heavy atom. The van der Waals surface area contributed by atoms with E-state index in [2.05, 4.69) is 5.32 Å². The summed E-state index contributed by atoms with van der Waals surface area (Å²) in [5.41, 5.74) is 3.22. The SMILES string of the molecule is Cc1ccc(S(=O)(=O)N2c3ccc(C(=O)NC4CCCCCC4)cc3C[C@H]2C)cc1. The van der Waals surface area contributed by atoms with Gasteiger partial charge >= 0.3 is 0 Å². The molecule has 0 aromatic heterocycles. The van der Waals surface area contributed by atoms with Crippen molar-refractivity contribution in [2.75, 3.05) is 4.31 Å². The van der Waals surface area contributed by atoms with Crippen molar-refractivity contribution in [2.45, 2.75) is 75.8 Å². The molecule has 30 heavy (non-hydrogen) atoms. The smallest absolute Gasteiger partial charge is 0.264 e. The molecule has 160 valence electrons. The van der Waals surface area contributed by atoms with Crippen LogP contribution in [0, 0.1) is 6.92 Å². The van der Waals surface area contributed by atoms with Crippen LogP contribution in [0.3, 0.4) is 0 Å². The van der Waals surface area contributed by atoms with Crippen molar-refractivity contribution >= 4 is 21.6 Å². The van der Waals surface area contributed by atoms with Crippen molar-refractivity contribution in [2.24, 2.45) is 0 Å². The van der Waals surface area contributed by atoms with E-state index in [4.69, 9.17) is 0 Å². The van der Waals surface area contributed by atoms with Crippen LogP contribution in [0.2, 0.25) is 0 Å². The van der Waals surface area contributed by atoms with Crippen LogP contribution < -0.4 is 9.62 Å². The first kappa shape index (κ1) is 20.9. The van der Waals surface area contributed by atoms with Gasteiger partial charge in [0.1, 0.15) is 0 Å². The molecule has 0 saturated heterocycles. The predicted octanol–water partition coefficient (Wildman–Crippen LogP) is 4.59. The average molecular weight is 427 g/mol. The topological polar surface area (TPSA) is 66.5 Å². The quantitative estimate of drug-likeness (QED) is 0.728. The zero-order valence-corrected chi connectivity index (χ0v) is 18.5. The van der Waals surface area contributed by atoms with Gasteiger partial charge in [-0.05, 0) is 69.0 Å². The van der Waals surface area contributed by atoms with Crippen LogP contribution in [0.15, 0.2) is 47.4 Å². The highest BCUT2D eigenvalue weighted by Gasteiger charge is 2.36. The van der Waals surface area contributed by atoms with Gasteiger partial charge in [-0.2, -0.15) is 0 Å². The van der Waals surface area contributed by atoms with Gasteiger partial charge in [0.15, 0.2) is 0 Å². The summed E-state index contributed by atoms with van der Waals surface area (Å²) < 4.78 is 28.1. The molecule has 0 radical (unpaired) electrons. The summed E-state index contributed by atoms with van der Waals surface area (Å²) in [4.78, 5) is 13.1. The number of hydrogen-bond donors (Lipinski definition) is 1. The van der Waals surface area contributed by atoms with Crippen LogP contribution >= 0.6 is 0 Å². The molecule has 0 bridgehead atoms. The Hall–Kier alpha value is -2.34. The molecule has 1 heterocycles. The number of nitrogens with one attached hydrogen (secondary N) is 1. The first-order chi connectivity index (χ1) is 14.4. The van der Waals surface area contributed by atoms with Gasteiger partial charge in [0, 0.05) is 17.6 Å². The average Bonchev–Trinajstić information content (AvgIpc) is 2.86. The monoisotopic (exact) mass is 426 g/mol. The molecular formula is C24H30N2O3S. The minimum absolute atomic E-state index is 0.0582. The Balaban J connectivity index is 1.57. The van der Waals surface area contributed by atoms with Gasteiger partial charge in [-0.3, -0.25) is 9.10 Å². The Labute approximate surface area is 179 Å². The van der Waals surface area contributed by atoms with Crippen molar-refractivity contribution in [3.8, 4) is 0 Å². The van der Waals surface area contributed by atoms with Gasteiger partial charge in [-0.1, -0.05) is 43.4 Å². The molecule has 1 amide bonds. The number of hydrogen-bond acceptors (Lipinski definition) is 3. The van der Waals surface area contributed by atoms with Crippen molar-refractivity contribution in [3.63, 3.8) is 0 Å². The molecule has 1 saturated carbocycles. The summed E-state index contributed by atoms with van der Waals surface area (Å²) in [5, 5.41) is 3.18. The Morgan fingerprint density at radius 2 is 1.67 bits per heavy atom. The van der Waals surface area contributed by atoms with E-state index in [9.17, 15) is 13.2 Å². The van der Waals surface area contributed by atoms with Crippen LogP contribution in [0.4, 0.5) is 5.69 Å². The second-order valence-corrected chi connectivity index (χ2v) is 10.5. The fourth-order valence-electron chi connectivity index (χ4n) is 4.63. The van der Waals surface area contributed by atoms with Crippen LogP contribution in [0.1, 0.15) is 66.9 Å². The second-order valence-electron chi connectivity index (χ2n) is 8.67. The lowest BCUT2D eigenvalue weighted by molar-refractivity contribution is 0.0933. The van der Waals surface area contributed by atoms with Crippen molar-refractivity contribution in [1.29, 1.82) is 0 Å². The molecule has 2 aliphatic rings. The van der Waals surface area contributed by atoms with Crippen LogP contribution in [-0.2, 0) is 16.4 Å². The first-order valence-electron chi connectivity index (χ1n) is 10.9. The van der Waals surface area contributed by atoms with E-state index >= 15 is 0 Å². The zero-order chi connectivity index (χ0) is 21.3. The van der Waals surface area contributed by atoms with Crippen molar-refractivity contribution < 1.29 is 13.2 Å². The third-order valence-corrected chi connectivity index (χ3v) is 8.21. The van der Waals surface area contributed by atoms with Gasteiger partial charge in [-0.15, -0.1) is 0 Å². The number of fused-ring (bicyclic) bond motifs is 1. The number of rotatable bonds is 4. The first-order valence-corrected chi connectivity index (χ1v) is 12.3. The van der Waals surface area contributed by atoms with E-state index in [0.717, 1.165) is 24.0 Å². The standard InChI is InChI=1S/C24H30N2O3S/c1-17-9-12-22(13-10-17)30(28,29)26-18(2)15-20-16-19(11-14-23(20)26)24(27)25-21-7-5-3-4-6-8-21/h9-14,16,18,21H,3-8,15H2,1-2H3,(H,25,27)/t18-/m1/s1. The van der Waals surface area contributed by atoms with E-state index < -0.39 is 10.0 Å². The lowest BCUT2D eigenvalue weighted by Gasteiger charge is -2.24. The molecule has 2 aromatic carbocycles. The summed E-state index contributed by atoms with van der Waals surface area (Å²) >= 11 is 0. The summed E-state index contributed by atoms with van der Waals surface area (Å²) in [5.74, 6) is -0.0582. The summed E-state index contributed by atoms with van der Waals surface area (Å²) in [6, 6.07) is 12.4. The lowest BCUT2D eigenvalue weighted by Crippen LogP contribution is -2.35. The second kappa shape index (κ2) is 8.42. The fourth-order valence-corrected chi connectivity index (χ4v) is 6.32. The van der Waals surface area contributed by atoms with E-state index in [1.807, 2.05) is 32.0 Å². The number of anilines is 1. The maximum absolute atomic E-state index is 13.3. The number of sulfonamides is 1. The van der Waals surface area contributed by atoms with Gasteiger partial charge in [0.25, 0.3) is 15.9 Å². The summed E-state index contributed by atoms with van der Waals surface area (Å²) in [6.07, 6.45) is 7.50. The minimum atomic E-state index is -3.65. The lowest BCUT2D eigenvalue weighted by atomic mass is 10.0. The molecule has 0 spiro atoms. The van der Waals surface area contributed by atoms with E-state index in [0.29, 0.717) is 22.6 Å². The van der Waals surface area contributed by atoms with Crippen molar-refractivity contribution in [3.05, 3.63) is 59.2 Å². The molecule has 6 heteroatoms. The third kappa shape index (κ3) is 4.10. The highest BCUT2D eigenvalue weighted by Crippen LogP contribution is 2.37. The van der Waals surface area contributed by atoms with Gasteiger partial charge in [0.2, 0.25) is 0 Å². The number of nitrogens with zero attached hydrogens (tertiary/aromatic N) is 1. The largest absolute Gasteiger partial charge is 0.349 e. The molecule has 1 atom stereocenters. The number of amides is 1. The maximum Gasteiger partial charge on any atom is 0.264 e. The molecule has 1 fully saturated rings. The number of aryl methyl sites for hydroxylation is 1. The Kier molecular flexibility index (Phi) is 5.87. The number of benzene rings is 2. The number of carbonyl (C=O) groups is 1. The van der Waals surface area contributed by atoms with Crippen LogP contribution in [-0.4, -0.2) is 26.4 Å². The third-order valence-electron chi connectivity index (χ3n) is 6.26. The summed E-state index contributed by atoms with van der Waals surface area (Å²) in [7, 11) is -3.65. The zero-order valence-electron chi connectivity index (χ0n) is 17.7. The molecule has 4 rings (SSSR count). The van der Waals surface area contributed by atoms with E-state index in [-0.39, 0.29) is 18.0 Å². The minimum Gasteiger partial charge on any atom is -0.349 e. The molecule has 2 aromatic rings. The van der Waals surface area contributed by atoms with Gasteiger partial charge < -0.3 is 5.32 Å². The molecule has 0 unspecified atom stereocenters. The fraction of sp³-hybridized carbons (Fsp3) is 0.458. The van der Waals surface area contributed by atoms with Crippen LogP contribution in [0.5, 0.6) is 0 Å². The van der Waals surface area contributed by atoms with Crippen LogP contribution in [0.25, 0.3) is 0 Å². The van der Waals surface area contributed by atoms with Gasteiger partial charge in [0.05, 0.1) is 10.6 Å². The number of carbonyl (C=O) groups excluding carboxylic acids is 1. The predicted molar refractivity (Wildman–Crippen MR) is 119 cm³/mol. The normalized spacial score (nSPS) is 19.9. The molecule has 5 nitrogen and oxygen atoms in total. The van der Waals surface area contributed by atoms with Gasteiger partial charge in [-0.25, -0.2) is 8.42 Å². The Morgan fingerprint density at radius 3 is 2.33 bits per heavy atom. The molecule has 1 aliphatic heterocycles. The Bertz CT molecular complexity index is 1020. The van der Waals surface area contributed by atoms with E-state index in [1.165, 1.54) is 30.0 Å². The summed E-state index contributed by atoms with van der Waals surface area (Å²) in [6.45, 7) is 3.85. The molecule has 1 aliphatic carbocycles. The maximum atomic E-state index is 13.3.